The Bertz CT molecular complexity index is 964. The summed E-state index contributed by atoms with van der Waals surface area (Å²) < 4.78 is 37.9. The van der Waals surface area contributed by atoms with E-state index in [0.29, 0.717) is 17.7 Å². The molecule has 126 valence electrons. The SMILES string of the molecule is COc1cc(F)c(-c2cc3c(c(-c4cnsc4)c2)CNC3=O)c(F)c1. The highest BCUT2D eigenvalue weighted by molar-refractivity contribution is 7.03. The van der Waals surface area contributed by atoms with Gasteiger partial charge < -0.3 is 10.1 Å². The molecule has 0 saturated carbocycles. The van der Waals surface area contributed by atoms with Crippen molar-refractivity contribution in [1.82, 2.24) is 9.69 Å². The van der Waals surface area contributed by atoms with Crippen LogP contribution in [0, 0.1) is 11.6 Å². The van der Waals surface area contributed by atoms with Crippen LogP contribution in [0.2, 0.25) is 0 Å². The van der Waals surface area contributed by atoms with Crippen molar-refractivity contribution in [2.45, 2.75) is 6.54 Å². The Labute approximate surface area is 146 Å². The molecule has 4 nitrogen and oxygen atoms in total. The number of rotatable bonds is 3. The number of hydrogen-bond acceptors (Lipinski definition) is 4. The molecule has 0 atom stereocenters. The Hall–Kier alpha value is -2.80. The summed E-state index contributed by atoms with van der Waals surface area (Å²) in [6.45, 7) is 0.382. The van der Waals surface area contributed by atoms with Gasteiger partial charge in [-0.1, -0.05) is 0 Å². The van der Waals surface area contributed by atoms with Gasteiger partial charge in [-0.05, 0) is 40.4 Å². The van der Waals surface area contributed by atoms with Crippen LogP contribution in [0.3, 0.4) is 0 Å². The summed E-state index contributed by atoms with van der Waals surface area (Å²) in [7, 11) is 1.34. The van der Waals surface area contributed by atoms with Gasteiger partial charge in [-0.15, -0.1) is 0 Å². The third kappa shape index (κ3) is 2.56. The molecular weight excluding hydrogens is 346 g/mol. The summed E-state index contributed by atoms with van der Waals surface area (Å²) in [4.78, 5) is 12.1. The van der Waals surface area contributed by atoms with Crippen LogP contribution in [-0.2, 0) is 6.54 Å². The Morgan fingerprint density at radius 3 is 2.48 bits per heavy atom. The molecule has 0 saturated heterocycles. The largest absolute Gasteiger partial charge is 0.497 e. The highest BCUT2D eigenvalue weighted by Gasteiger charge is 2.25. The Morgan fingerprint density at radius 1 is 1.12 bits per heavy atom. The lowest BCUT2D eigenvalue weighted by molar-refractivity contribution is 0.0965. The van der Waals surface area contributed by atoms with Gasteiger partial charge in [0.15, 0.2) is 0 Å². The van der Waals surface area contributed by atoms with E-state index in [9.17, 15) is 13.6 Å². The standard InChI is InChI=1S/C18H12F2N2O2S/c1-24-11-4-15(19)17(16(20)5-11)9-2-12(10-6-22-25-8-10)14-7-21-18(23)13(14)3-9/h2-6,8H,7H2,1H3,(H,21,23). The van der Waals surface area contributed by atoms with E-state index >= 15 is 0 Å². The Balaban J connectivity index is 1.97. The fourth-order valence-electron chi connectivity index (χ4n) is 3.01. The number of nitrogens with zero attached hydrogens (tertiary/aromatic N) is 1. The molecule has 0 bridgehead atoms. The molecule has 4 rings (SSSR count). The van der Waals surface area contributed by atoms with E-state index in [2.05, 4.69) is 9.69 Å². The number of aromatic nitrogens is 1. The van der Waals surface area contributed by atoms with E-state index in [-0.39, 0.29) is 17.2 Å². The molecule has 25 heavy (non-hydrogen) atoms. The second-order valence-electron chi connectivity index (χ2n) is 5.61. The van der Waals surface area contributed by atoms with Crippen LogP contribution in [-0.4, -0.2) is 17.4 Å². The summed E-state index contributed by atoms with van der Waals surface area (Å²) in [6.07, 6.45) is 1.67. The number of carbonyl (C=O) groups is 1. The van der Waals surface area contributed by atoms with Gasteiger partial charge in [0.2, 0.25) is 0 Å². The van der Waals surface area contributed by atoms with Crippen molar-refractivity contribution in [2.75, 3.05) is 7.11 Å². The first kappa shape index (κ1) is 15.7. The van der Waals surface area contributed by atoms with Crippen molar-refractivity contribution in [3.05, 3.63) is 58.6 Å². The molecule has 0 unspecified atom stereocenters. The number of benzene rings is 2. The summed E-state index contributed by atoms with van der Waals surface area (Å²) in [5.74, 6) is -1.65. The van der Waals surface area contributed by atoms with E-state index in [1.54, 1.807) is 12.3 Å². The molecule has 2 heterocycles. The molecule has 0 radical (unpaired) electrons. The molecule has 0 fully saturated rings. The fourth-order valence-corrected chi connectivity index (χ4v) is 3.55. The maximum absolute atomic E-state index is 14.5. The number of carbonyl (C=O) groups excluding carboxylic acids is 1. The minimum Gasteiger partial charge on any atom is -0.497 e. The predicted molar refractivity (Wildman–Crippen MR) is 90.6 cm³/mol. The van der Waals surface area contributed by atoms with E-state index < -0.39 is 11.6 Å². The number of fused-ring (bicyclic) bond motifs is 1. The molecule has 1 aliphatic heterocycles. The maximum atomic E-state index is 14.5. The van der Waals surface area contributed by atoms with Crippen LogP contribution in [0.15, 0.2) is 35.8 Å². The number of halogens is 2. The van der Waals surface area contributed by atoms with Gasteiger partial charge in [-0.3, -0.25) is 4.79 Å². The van der Waals surface area contributed by atoms with E-state index in [4.69, 9.17) is 4.74 Å². The van der Waals surface area contributed by atoms with Crippen molar-refractivity contribution in [1.29, 1.82) is 0 Å². The fraction of sp³-hybridized carbons (Fsp3) is 0.111. The van der Waals surface area contributed by atoms with Crippen molar-refractivity contribution >= 4 is 17.4 Å². The summed E-state index contributed by atoms with van der Waals surface area (Å²) >= 11 is 1.27. The average Bonchev–Trinajstić information content (AvgIpc) is 3.24. The molecule has 1 N–H and O–H groups in total. The smallest absolute Gasteiger partial charge is 0.251 e. The Kier molecular flexibility index (Phi) is 3.73. The second-order valence-corrected chi connectivity index (χ2v) is 6.27. The number of nitrogens with one attached hydrogen (secondary N) is 1. The van der Waals surface area contributed by atoms with Crippen LogP contribution >= 0.6 is 11.5 Å². The van der Waals surface area contributed by atoms with Gasteiger partial charge in [0.1, 0.15) is 17.4 Å². The first-order valence-corrected chi connectivity index (χ1v) is 8.30. The third-order valence-corrected chi connectivity index (χ3v) is 4.79. The van der Waals surface area contributed by atoms with E-state index in [1.807, 2.05) is 5.38 Å². The van der Waals surface area contributed by atoms with Crippen molar-refractivity contribution in [2.24, 2.45) is 0 Å². The minimum atomic E-state index is -0.746. The second kappa shape index (κ2) is 5.93. The number of ether oxygens (including phenoxy) is 1. The first-order chi connectivity index (χ1) is 12.1. The molecule has 7 heteroatoms. The molecule has 0 spiro atoms. The van der Waals surface area contributed by atoms with Crippen LogP contribution in [0.4, 0.5) is 8.78 Å². The van der Waals surface area contributed by atoms with Crippen LogP contribution in [0.25, 0.3) is 22.3 Å². The van der Waals surface area contributed by atoms with Crippen molar-refractivity contribution in [3.63, 3.8) is 0 Å². The lowest BCUT2D eigenvalue weighted by Gasteiger charge is -2.12. The minimum absolute atomic E-state index is 0.0971. The first-order valence-electron chi connectivity index (χ1n) is 7.46. The van der Waals surface area contributed by atoms with E-state index in [1.165, 1.54) is 24.7 Å². The van der Waals surface area contributed by atoms with Gasteiger partial charge in [0.05, 0.1) is 12.7 Å². The lowest BCUT2D eigenvalue weighted by atomic mass is 9.92. The van der Waals surface area contributed by atoms with Gasteiger partial charge in [0.25, 0.3) is 5.91 Å². The Morgan fingerprint density at radius 2 is 1.84 bits per heavy atom. The molecule has 2 aromatic carbocycles. The third-order valence-electron chi connectivity index (χ3n) is 4.20. The zero-order chi connectivity index (χ0) is 17.6. The summed E-state index contributed by atoms with van der Waals surface area (Å²) in [5.41, 5.74) is 2.90. The van der Waals surface area contributed by atoms with Gasteiger partial charge >= 0.3 is 0 Å². The van der Waals surface area contributed by atoms with Crippen LogP contribution in [0.5, 0.6) is 5.75 Å². The number of methoxy groups -OCH3 is 1. The molecule has 0 aliphatic carbocycles. The maximum Gasteiger partial charge on any atom is 0.251 e. The van der Waals surface area contributed by atoms with Crippen LogP contribution in [0.1, 0.15) is 15.9 Å². The molecular formula is C18H12F2N2O2S. The highest BCUT2D eigenvalue weighted by Crippen LogP contribution is 2.37. The zero-order valence-electron chi connectivity index (χ0n) is 13.1. The quantitative estimate of drug-likeness (QED) is 0.770. The molecule has 1 aliphatic rings. The number of hydrogen-bond donors (Lipinski definition) is 1. The van der Waals surface area contributed by atoms with Crippen molar-refractivity contribution < 1.29 is 18.3 Å². The lowest BCUT2D eigenvalue weighted by Crippen LogP contribution is -2.12. The highest BCUT2D eigenvalue weighted by atomic mass is 32.1. The van der Waals surface area contributed by atoms with Gasteiger partial charge in [0, 0.05) is 41.4 Å². The van der Waals surface area contributed by atoms with Crippen molar-refractivity contribution in [3.8, 4) is 28.0 Å². The summed E-state index contributed by atoms with van der Waals surface area (Å²) in [6, 6.07) is 5.46. The molecule has 1 aromatic heterocycles. The van der Waals surface area contributed by atoms with Crippen LogP contribution < -0.4 is 10.1 Å². The van der Waals surface area contributed by atoms with Gasteiger partial charge in [-0.2, -0.15) is 0 Å². The normalized spacial score (nSPS) is 12.8. The average molecular weight is 358 g/mol. The predicted octanol–water partition coefficient (Wildman–Crippen LogP) is 4.01. The molecule has 1 amide bonds. The van der Waals surface area contributed by atoms with Gasteiger partial charge in [-0.25, -0.2) is 13.2 Å². The van der Waals surface area contributed by atoms with E-state index in [0.717, 1.165) is 28.8 Å². The zero-order valence-corrected chi connectivity index (χ0v) is 13.9. The topological polar surface area (TPSA) is 51.2 Å². The molecule has 3 aromatic rings. The monoisotopic (exact) mass is 358 g/mol. The summed E-state index contributed by atoms with van der Waals surface area (Å²) in [5, 5.41) is 4.59. The number of amides is 1.